The molecule has 0 fully saturated rings. The predicted octanol–water partition coefficient (Wildman–Crippen LogP) is 2.60. The van der Waals surface area contributed by atoms with Gasteiger partial charge in [0.05, 0.1) is 8.68 Å². The van der Waals surface area contributed by atoms with Crippen LogP contribution in [0, 0.1) is 12.3 Å². The second kappa shape index (κ2) is 5.51. The van der Waals surface area contributed by atoms with E-state index in [0.717, 1.165) is 0 Å². The molecule has 0 bridgehead atoms. The van der Waals surface area contributed by atoms with Crippen molar-refractivity contribution in [2.45, 2.75) is 38.6 Å². The van der Waals surface area contributed by atoms with Crippen LogP contribution in [0.25, 0.3) is 0 Å². The van der Waals surface area contributed by atoms with Crippen LogP contribution in [-0.2, 0) is 14.8 Å². The SMILES string of the molecule is Cc1sc(Br)cc1S(=O)(=O)N[C@H](C(=O)O)C(C)(C)C. The Hall–Kier alpha value is -0.440. The molecule has 0 amide bonds. The maximum Gasteiger partial charge on any atom is 0.322 e. The van der Waals surface area contributed by atoms with Crippen molar-refractivity contribution in [3.8, 4) is 0 Å². The number of rotatable bonds is 4. The van der Waals surface area contributed by atoms with Gasteiger partial charge in [-0.15, -0.1) is 11.3 Å². The van der Waals surface area contributed by atoms with E-state index >= 15 is 0 Å². The number of sulfonamides is 1. The van der Waals surface area contributed by atoms with Gasteiger partial charge in [-0.1, -0.05) is 20.8 Å². The summed E-state index contributed by atoms with van der Waals surface area (Å²) in [6, 6.07) is 0.291. The van der Waals surface area contributed by atoms with Crippen molar-refractivity contribution in [1.82, 2.24) is 4.72 Å². The van der Waals surface area contributed by atoms with Crippen molar-refractivity contribution < 1.29 is 18.3 Å². The Kier molecular flexibility index (Phi) is 4.82. The van der Waals surface area contributed by atoms with Crippen molar-refractivity contribution in [2.75, 3.05) is 0 Å². The third kappa shape index (κ3) is 4.01. The van der Waals surface area contributed by atoms with Crippen molar-refractivity contribution in [1.29, 1.82) is 0 Å². The second-order valence-electron chi connectivity index (χ2n) is 5.23. The lowest BCUT2D eigenvalue weighted by atomic mass is 9.88. The smallest absolute Gasteiger partial charge is 0.322 e. The maximum atomic E-state index is 12.2. The van der Waals surface area contributed by atoms with Crippen LogP contribution < -0.4 is 4.72 Å². The summed E-state index contributed by atoms with van der Waals surface area (Å²) in [5, 5.41) is 9.16. The summed E-state index contributed by atoms with van der Waals surface area (Å²) >= 11 is 4.51. The number of hydrogen-bond acceptors (Lipinski definition) is 4. The van der Waals surface area contributed by atoms with E-state index in [1.807, 2.05) is 0 Å². The first-order chi connectivity index (χ1) is 8.45. The summed E-state index contributed by atoms with van der Waals surface area (Å²) in [5.41, 5.74) is -0.722. The molecule has 5 nitrogen and oxygen atoms in total. The van der Waals surface area contributed by atoms with E-state index in [1.165, 1.54) is 17.4 Å². The highest BCUT2D eigenvalue weighted by molar-refractivity contribution is 9.11. The summed E-state index contributed by atoms with van der Waals surface area (Å²) in [6.07, 6.45) is 0. The Balaban J connectivity index is 3.15. The average molecular weight is 370 g/mol. The fourth-order valence-corrected chi connectivity index (χ4v) is 5.32. The molecule has 0 aliphatic rings. The number of aliphatic carboxylic acids is 1. The summed E-state index contributed by atoms with van der Waals surface area (Å²) in [6.45, 7) is 6.69. The van der Waals surface area contributed by atoms with Crippen LogP contribution in [0.1, 0.15) is 25.6 Å². The number of carbonyl (C=O) groups is 1. The largest absolute Gasteiger partial charge is 0.480 e. The molecule has 1 aromatic heterocycles. The van der Waals surface area contributed by atoms with Crippen LogP contribution in [0.15, 0.2) is 14.7 Å². The molecule has 0 aromatic carbocycles. The minimum atomic E-state index is -3.85. The number of thiophene rings is 1. The van der Waals surface area contributed by atoms with Gasteiger partial charge in [-0.3, -0.25) is 4.79 Å². The number of carboxylic acids is 1. The van der Waals surface area contributed by atoms with Gasteiger partial charge < -0.3 is 5.11 Å². The van der Waals surface area contributed by atoms with E-state index in [1.54, 1.807) is 27.7 Å². The van der Waals surface area contributed by atoms with Crippen molar-refractivity contribution in [2.24, 2.45) is 5.41 Å². The lowest BCUT2D eigenvalue weighted by Crippen LogP contribution is -2.48. The minimum Gasteiger partial charge on any atom is -0.480 e. The molecule has 0 aliphatic carbocycles. The highest BCUT2D eigenvalue weighted by Crippen LogP contribution is 2.30. The standard InChI is InChI=1S/C11H16BrNO4S2/c1-6-7(5-8(12)18-6)19(16,17)13-9(10(14)15)11(2,3)4/h5,9,13H,1-4H3,(H,14,15)/t9-/m1/s1. The lowest BCUT2D eigenvalue weighted by Gasteiger charge is -2.27. The van der Waals surface area contributed by atoms with Crippen LogP contribution >= 0.6 is 27.3 Å². The van der Waals surface area contributed by atoms with Crippen molar-refractivity contribution in [3.63, 3.8) is 0 Å². The first kappa shape index (κ1) is 16.6. The fraction of sp³-hybridized carbons (Fsp3) is 0.545. The Morgan fingerprint density at radius 2 is 2.00 bits per heavy atom. The van der Waals surface area contributed by atoms with Crippen LogP contribution in [0.2, 0.25) is 0 Å². The molecule has 108 valence electrons. The summed E-state index contributed by atoms with van der Waals surface area (Å²) in [7, 11) is -3.85. The Bertz CT molecular complexity index is 586. The molecule has 0 saturated heterocycles. The summed E-state index contributed by atoms with van der Waals surface area (Å²) < 4.78 is 27.4. The number of aryl methyl sites for hydroxylation is 1. The summed E-state index contributed by atoms with van der Waals surface area (Å²) in [4.78, 5) is 11.9. The van der Waals surface area contributed by atoms with Gasteiger partial charge >= 0.3 is 5.97 Å². The van der Waals surface area contributed by atoms with Gasteiger partial charge in [0.25, 0.3) is 0 Å². The molecular weight excluding hydrogens is 354 g/mol. The number of carboxylic acid groups (broad SMARTS) is 1. The zero-order valence-corrected chi connectivity index (χ0v) is 14.2. The van der Waals surface area contributed by atoms with Gasteiger partial charge in [0.1, 0.15) is 6.04 Å². The van der Waals surface area contributed by atoms with Crippen molar-refractivity contribution in [3.05, 3.63) is 14.7 Å². The van der Waals surface area contributed by atoms with E-state index < -0.39 is 27.4 Å². The minimum absolute atomic E-state index is 0.111. The molecule has 1 heterocycles. The molecule has 0 saturated carbocycles. The molecule has 8 heteroatoms. The highest BCUT2D eigenvalue weighted by Gasteiger charge is 2.36. The van der Waals surface area contributed by atoms with Gasteiger partial charge in [0.15, 0.2) is 0 Å². The van der Waals surface area contributed by atoms with Crippen LogP contribution in [0.5, 0.6) is 0 Å². The Morgan fingerprint density at radius 1 is 1.47 bits per heavy atom. The molecule has 1 atom stereocenters. The average Bonchev–Trinajstić information content (AvgIpc) is 2.53. The number of nitrogens with one attached hydrogen (secondary N) is 1. The lowest BCUT2D eigenvalue weighted by molar-refractivity contribution is -0.141. The predicted molar refractivity (Wildman–Crippen MR) is 78.0 cm³/mol. The molecule has 19 heavy (non-hydrogen) atoms. The molecule has 1 aromatic rings. The fourth-order valence-electron chi connectivity index (χ4n) is 1.51. The molecule has 0 radical (unpaired) electrons. The van der Waals surface area contributed by atoms with Crippen molar-refractivity contribution >= 4 is 43.3 Å². The monoisotopic (exact) mass is 369 g/mol. The quantitative estimate of drug-likeness (QED) is 0.854. The molecule has 2 N–H and O–H groups in total. The first-order valence-corrected chi connectivity index (χ1v) is 8.55. The molecule has 0 unspecified atom stereocenters. The van der Waals surface area contributed by atoms with Gasteiger partial charge in [0.2, 0.25) is 10.0 Å². The molecule has 0 aliphatic heterocycles. The van der Waals surface area contributed by atoms with Crippen LogP contribution in [0.4, 0.5) is 0 Å². The molecule has 0 spiro atoms. The number of hydrogen-bond donors (Lipinski definition) is 2. The maximum absolute atomic E-state index is 12.2. The third-order valence-corrected chi connectivity index (χ3v) is 5.75. The van der Waals surface area contributed by atoms with Crippen LogP contribution in [0.3, 0.4) is 0 Å². The van der Waals surface area contributed by atoms with E-state index in [0.29, 0.717) is 8.66 Å². The normalized spacial score (nSPS) is 14.4. The highest BCUT2D eigenvalue weighted by atomic mass is 79.9. The first-order valence-electron chi connectivity index (χ1n) is 5.46. The second-order valence-corrected chi connectivity index (χ2v) is 9.55. The van der Waals surface area contributed by atoms with Crippen LogP contribution in [-0.4, -0.2) is 25.5 Å². The summed E-state index contributed by atoms with van der Waals surface area (Å²) in [5.74, 6) is -1.19. The Labute approximate surface area is 125 Å². The molecular formula is C11H16BrNO4S2. The van der Waals surface area contributed by atoms with Gasteiger partial charge in [0, 0.05) is 4.88 Å². The van der Waals surface area contributed by atoms with Gasteiger partial charge in [-0.05, 0) is 34.3 Å². The van der Waals surface area contributed by atoms with E-state index in [4.69, 9.17) is 5.11 Å². The topological polar surface area (TPSA) is 83.5 Å². The number of halogens is 1. The molecule has 1 rings (SSSR count). The van der Waals surface area contributed by atoms with E-state index in [-0.39, 0.29) is 4.90 Å². The third-order valence-electron chi connectivity index (χ3n) is 2.52. The van der Waals surface area contributed by atoms with E-state index in [9.17, 15) is 13.2 Å². The zero-order chi connectivity index (χ0) is 15.0. The van der Waals surface area contributed by atoms with Gasteiger partial charge in [-0.2, -0.15) is 4.72 Å². The Morgan fingerprint density at radius 3 is 2.32 bits per heavy atom. The van der Waals surface area contributed by atoms with E-state index in [2.05, 4.69) is 20.7 Å². The zero-order valence-electron chi connectivity index (χ0n) is 11.0. The van der Waals surface area contributed by atoms with Gasteiger partial charge in [-0.25, -0.2) is 8.42 Å².